The third-order valence-corrected chi connectivity index (χ3v) is 2.68. The average Bonchev–Trinajstić information content (AvgIpc) is 2.34. The van der Waals surface area contributed by atoms with Gasteiger partial charge >= 0.3 is 0 Å². The van der Waals surface area contributed by atoms with Crippen molar-refractivity contribution in [3.63, 3.8) is 0 Å². The predicted molar refractivity (Wildman–Crippen MR) is 68.3 cm³/mol. The average molecular weight is 246 g/mol. The molecule has 0 aliphatic heterocycles. The number of ether oxygens (including phenoxy) is 1. The van der Waals surface area contributed by atoms with Crippen molar-refractivity contribution in [2.24, 2.45) is 0 Å². The number of aliphatic hydroxyl groups is 1. The fourth-order valence-electron chi connectivity index (χ4n) is 1.73. The van der Waals surface area contributed by atoms with E-state index in [-0.39, 0.29) is 5.75 Å². The molecule has 0 aliphatic carbocycles. The molecule has 0 aromatic heterocycles. The van der Waals surface area contributed by atoms with E-state index >= 15 is 0 Å². The summed E-state index contributed by atoms with van der Waals surface area (Å²) in [5, 5.41) is 9.63. The molecular weight excluding hydrogens is 231 g/mol. The highest BCUT2D eigenvalue weighted by atomic mass is 19.1. The van der Waals surface area contributed by atoms with E-state index in [0.29, 0.717) is 11.3 Å². The summed E-state index contributed by atoms with van der Waals surface area (Å²) >= 11 is 0. The molecule has 0 fully saturated rings. The highest BCUT2D eigenvalue weighted by Gasteiger charge is 2.11. The molecule has 0 spiro atoms. The van der Waals surface area contributed by atoms with Crippen LogP contribution in [0.2, 0.25) is 0 Å². The Morgan fingerprint density at radius 3 is 2.56 bits per heavy atom. The maximum Gasteiger partial charge on any atom is 0.165 e. The Bertz CT molecular complexity index is 550. The number of aliphatic hydroxyl groups excluding tert-OH is 1. The third-order valence-electron chi connectivity index (χ3n) is 2.68. The molecule has 0 saturated carbocycles. The molecule has 2 rings (SSSR count). The minimum atomic E-state index is -0.658. The van der Waals surface area contributed by atoms with Crippen LogP contribution in [-0.2, 0) is 0 Å². The van der Waals surface area contributed by atoms with Crippen molar-refractivity contribution in [3.8, 4) is 11.5 Å². The Balaban J connectivity index is 2.37. The van der Waals surface area contributed by atoms with Crippen LogP contribution in [-0.4, -0.2) is 5.11 Å². The van der Waals surface area contributed by atoms with E-state index in [9.17, 15) is 9.50 Å². The zero-order chi connectivity index (χ0) is 13.1. The van der Waals surface area contributed by atoms with Crippen molar-refractivity contribution in [2.75, 3.05) is 0 Å². The number of halogens is 1. The van der Waals surface area contributed by atoms with Crippen molar-refractivity contribution in [1.29, 1.82) is 0 Å². The smallest absolute Gasteiger partial charge is 0.165 e. The molecule has 1 atom stereocenters. The summed E-state index contributed by atoms with van der Waals surface area (Å²) in [4.78, 5) is 0. The lowest BCUT2D eigenvalue weighted by Gasteiger charge is -2.13. The first-order valence-corrected chi connectivity index (χ1v) is 5.79. The summed E-state index contributed by atoms with van der Waals surface area (Å²) in [6.45, 7) is 3.52. The SMILES string of the molecule is Cc1ccc(F)c(Oc2ccccc2[C@H](C)O)c1. The van der Waals surface area contributed by atoms with Crippen molar-refractivity contribution >= 4 is 0 Å². The van der Waals surface area contributed by atoms with Crippen LogP contribution < -0.4 is 4.74 Å². The van der Waals surface area contributed by atoms with Gasteiger partial charge < -0.3 is 9.84 Å². The molecule has 18 heavy (non-hydrogen) atoms. The molecule has 1 N–H and O–H groups in total. The van der Waals surface area contributed by atoms with E-state index in [1.54, 1.807) is 37.3 Å². The van der Waals surface area contributed by atoms with Gasteiger partial charge in [0.05, 0.1) is 6.10 Å². The van der Waals surface area contributed by atoms with E-state index in [4.69, 9.17) is 4.74 Å². The lowest BCUT2D eigenvalue weighted by Crippen LogP contribution is -1.97. The van der Waals surface area contributed by atoms with Gasteiger partial charge in [0.15, 0.2) is 11.6 Å². The summed E-state index contributed by atoms with van der Waals surface area (Å²) in [7, 11) is 0. The number of hydrogen-bond donors (Lipinski definition) is 1. The maximum atomic E-state index is 13.6. The molecule has 0 unspecified atom stereocenters. The first-order chi connectivity index (χ1) is 8.58. The van der Waals surface area contributed by atoms with Gasteiger partial charge in [0, 0.05) is 5.56 Å². The molecule has 0 amide bonds. The third kappa shape index (κ3) is 2.68. The van der Waals surface area contributed by atoms with Gasteiger partial charge in [-0.3, -0.25) is 0 Å². The summed E-state index contributed by atoms with van der Waals surface area (Å²) in [6.07, 6.45) is -0.658. The number of hydrogen-bond acceptors (Lipinski definition) is 2. The maximum absolute atomic E-state index is 13.6. The van der Waals surface area contributed by atoms with Gasteiger partial charge in [-0.25, -0.2) is 4.39 Å². The Kier molecular flexibility index (Phi) is 3.63. The summed E-state index contributed by atoms with van der Waals surface area (Å²) in [5.41, 5.74) is 1.55. The van der Waals surface area contributed by atoms with Crippen LogP contribution in [0.15, 0.2) is 42.5 Å². The molecule has 0 bridgehead atoms. The second-order valence-corrected chi connectivity index (χ2v) is 4.25. The van der Waals surface area contributed by atoms with Gasteiger partial charge in [0.2, 0.25) is 0 Å². The second kappa shape index (κ2) is 5.19. The van der Waals surface area contributed by atoms with E-state index < -0.39 is 11.9 Å². The summed E-state index contributed by atoms with van der Waals surface area (Å²) in [5.74, 6) is 0.223. The fraction of sp³-hybridized carbons (Fsp3) is 0.200. The lowest BCUT2D eigenvalue weighted by atomic mass is 10.1. The molecule has 2 aromatic rings. The number of para-hydroxylation sites is 1. The second-order valence-electron chi connectivity index (χ2n) is 4.25. The van der Waals surface area contributed by atoms with Crippen LogP contribution in [0.3, 0.4) is 0 Å². The molecule has 3 heteroatoms. The lowest BCUT2D eigenvalue weighted by molar-refractivity contribution is 0.195. The van der Waals surface area contributed by atoms with Gasteiger partial charge in [-0.05, 0) is 37.6 Å². The number of benzene rings is 2. The normalized spacial score (nSPS) is 12.2. The molecule has 0 aliphatic rings. The molecular formula is C15H15FO2. The van der Waals surface area contributed by atoms with Crippen molar-refractivity contribution < 1.29 is 14.2 Å². The molecule has 0 heterocycles. The van der Waals surface area contributed by atoms with Crippen LogP contribution in [0.5, 0.6) is 11.5 Å². The Labute approximate surface area is 106 Å². The molecule has 0 saturated heterocycles. The first kappa shape index (κ1) is 12.6. The summed E-state index contributed by atoms with van der Waals surface area (Å²) < 4.78 is 19.1. The van der Waals surface area contributed by atoms with Crippen molar-refractivity contribution in [3.05, 3.63) is 59.4 Å². The van der Waals surface area contributed by atoms with E-state index in [1.165, 1.54) is 6.07 Å². The number of rotatable bonds is 3. The zero-order valence-electron chi connectivity index (χ0n) is 10.4. The van der Waals surface area contributed by atoms with Crippen LogP contribution in [0.25, 0.3) is 0 Å². The highest BCUT2D eigenvalue weighted by molar-refractivity contribution is 5.40. The van der Waals surface area contributed by atoms with Gasteiger partial charge in [-0.15, -0.1) is 0 Å². The van der Waals surface area contributed by atoms with E-state index in [0.717, 1.165) is 5.56 Å². The van der Waals surface area contributed by atoms with Crippen LogP contribution in [0, 0.1) is 12.7 Å². The Morgan fingerprint density at radius 2 is 1.83 bits per heavy atom. The largest absolute Gasteiger partial charge is 0.454 e. The minimum Gasteiger partial charge on any atom is -0.454 e. The van der Waals surface area contributed by atoms with Gasteiger partial charge in [-0.1, -0.05) is 24.3 Å². The molecule has 94 valence electrons. The topological polar surface area (TPSA) is 29.5 Å². The highest BCUT2D eigenvalue weighted by Crippen LogP contribution is 2.31. The van der Waals surface area contributed by atoms with Crippen LogP contribution in [0.4, 0.5) is 4.39 Å². The minimum absolute atomic E-state index is 0.170. The monoisotopic (exact) mass is 246 g/mol. The first-order valence-electron chi connectivity index (χ1n) is 5.79. The molecule has 2 nitrogen and oxygen atoms in total. The zero-order valence-corrected chi connectivity index (χ0v) is 10.4. The molecule has 0 radical (unpaired) electrons. The van der Waals surface area contributed by atoms with E-state index in [1.807, 2.05) is 13.0 Å². The van der Waals surface area contributed by atoms with E-state index in [2.05, 4.69) is 0 Å². The van der Waals surface area contributed by atoms with Gasteiger partial charge in [0.1, 0.15) is 5.75 Å². The standard InChI is InChI=1S/C15H15FO2/c1-10-7-8-13(16)15(9-10)18-14-6-4-3-5-12(14)11(2)17/h3-9,11,17H,1-2H3/t11-/m0/s1. The van der Waals surface area contributed by atoms with Gasteiger partial charge in [-0.2, -0.15) is 0 Å². The Hall–Kier alpha value is -1.87. The van der Waals surface area contributed by atoms with Gasteiger partial charge in [0.25, 0.3) is 0 Å². The van der Waals surface area contributed by atoms with Crippen molar-refractivity contribution in [2.45, 2.75) is 20.0 Å². The summed E-state index contributed by atoms with van der Waals surface area (Å²) in [6, 6.07) is 11.8. The Morgan fingerprint density at radius 1 is 1.11 bits per heavy atom. The number of aryl methyl sites for hydroxylation is 1. The fourth-order valence-corrected chi connectivity index (χ4v) is 1.73. The quantitative estimate of drug-likeness (QED) is 0.887. The predicted octanol–water partition coefficient (Wildman–Crippen LogP) is 3.98. The molecule has 2 aromatic carbocycles. The van der Waals surface area contributed by atoms with Crippen molar-refractivity contribution in [1.82, 2.24) is 0 Å². The van der Waals surface area contributed by atoms with Crippen LogP contribution in [0.1, 0.15) is 24.2 Å². The van der Waals surface area contributed by atoms with Crippen LogP contribution >= 0.6 is 0 Å².